The van der Waals surface area contributed by atoms with Gasteiger partial charge in [0.15, 0.2) is 0 Å². The van der Waals surface area contributed by atoms with Crippen LogP contribution in [0.1, 0.15) is 5.69 Å². The molecule has 0 fully saturated rings. The molecule has 82 valence electrons. The largest absolute Gasteiger partial charge is 0.436 e. The molecule has 0 bridgehead atoms. The molecule has 2 aromatic rings. The fraction of sp³-hybridized carbons (Fsp3) is 0.100. The molecule has 5 nitrogen and oxygen atoms in total. The van der Waals surface area contributed by atoms with Crippen LogP contribution in [-0.4, -0.2) is 20.1 Å². The first kappa shape index (κ1) is 11.0. The van der Waals surface area contributed by atoms with E-state index in [1.807, 2.05) is 0 Å². The van der Waals surface area contributed by atoms with E-state index < -0.39 is 0 Å². The Labute approximate surface area is 100 Å². The van der Waals surface area contributed by atoms with Crippen molar-refractivity contribution in [2.75, 3.05) is 0 Å². The lowest BCUT2D eigenvalue weighted by atomic mass is 10.4. The maximum Gasteiger partial charge on any atom is 0.237 e. The molecular weight excluding hydrogens is 274 g/mol. The molecule has 0 amide bonds. The molecule has 2 heterocycles. The molecule has 1 N–H and O–H groups in total. The lowest BCUT2D eigenvalue weighted by Gasteiger charge is -2.04. The Morgan fingerprint density at radius 1 is 1.19 bits per heavy atom. The first-order chi connectivity index (χ1) is 7.78. The molecule has 0 aliphatic rings. The summed E-state index contributed by atoms with van der Waals surface area (Å²) in [7, 11) is 0. The maximum absolute atomic E-state index is 8.80. The molecule has 16 heavy (non-hydrogen) atoms. The number of hydrogen-bond acceptors (Lipinski definition) is 5. The van der Waals surface area contributed by atoms with Gasteiger partial charge in [0.2, 0.25) is 5.88 Å². The Bertz CT molecular complexity index is 476. The lowest BCUT2D eigenvalue weighted by molar-refractivity contribution is 0.276. The third-order valence-electron chi connectivity index (χ3n) is 1.75. The molecule has 0 atom stereocenters. The van der Waals surface area contributed by atoms with Crippen LogP contribution in [0.4, 0.5) is 0 Å². The fourth-order valence-electron chi connectivity index (χ4n) is 1.05. The van der Waals surface area contributed by atoms with Gasteiger partial charge in [0.05, 0.1) is 30.9 Å². The van der Waals surface area contributed by atoms with Crippen LogP contribution in [0.25, 0.3) is 0 Å². The van der Waals surface area contributed by atoms with E-state index in [1.54, 1.807) is 18.5 Å². The molecule has 2 rings (SSSR count). The highest BCUT2D eigenvalue weighted by molar-refractivity contribution is 9.10. The highest BCUT2D eigenvalue weighted by Crippen LogP contribution is 2.20. The first-order valence-electron chi connectivity index (χ1n) is 4.48. The van der Waals surface area contributed by atoms with Gasteiger partial charge < -0.3 is 9.84 Å². The van der Waals surface area contributed by atoms with E-state index in [0.717, 1.165) is 4.47 Å². The van der Waals surface area contributed by atoms with Crippen molar-refractivity contribution in [3.05, 3.63) is 41.0 Å². The lowest BCUT2D eigenvalue weighted by Crippen LogP contribution is -1.93. The summed E-state index contributed by atoms with van der Waals surface area (Å²) in [5, 5.41) is 8.80. The number of hydrogen-bond donors (Lipinski definition) is 1. The Balaban J connectivity index is 2.14. The molecule has 0 saturated heterocycles. The molecule has 2 aromatic heterocycles. The topological polar surface area (TPSA) is 68.1 Å². The first-order valence-corrected chi connectivity index (χ1v) is 5.27. The number of ether oxygens (including phenoxy) is 1. The number of aliphatic hydroxyl groups is 1. The minimum Gasteiger partial charge on any atom is -0.436 e. The second kappa shape index (κ2) is 5.00. The fourth-order valence-corrected chi connectivity index (χ4v) is 1.39. The second-order valence-corrected chi connectivity index (χ2v) is 3.86. The molecular formula is C10H8BrN3O2. The van der Waals surface area contributed by atoms with Crippen LogP contribution in [0.15, 0.2) is 35.3 Å². The summed E-state index contributed by atoms with van der Waals surface area (Å²) in [4.78, 5) is 11.9. The zero-order chi connectivity index (χ0) is 11.4. The molecule has 0 radical (unpaired) electrons. The van der Waals surface area contributed by atoms with E-state index in [2.05, 4.69) is 30.9 Å². The van der Waals surface area contributed by atoms with E-state index in [9.17, 15) is 0 Å². The maximum atomic E-state index is 8.80. The van der Waals surface area contributed by atoms with Crippen molar-refractivity contribution in [3.8, 4) is 11.6 Å². The molecule has 0 aliphatic carbocycles. The van der Waals surface area contributed by atoms with Gasteiger partial charge >= 0.3 is 0 Å². The predicted molar refractivity (Wildman–Crippen MR) is 60.0 cm³/mol. The van der Waals surface area contributed by atoms with Crippen LogP contribution in [-0.2, 0) is 6.61 Å². The van der Waals surface area contributed by atoms with E-state index in [-0.39, 0.29) is 6.61 Å². The number of rotatable bonds is 3. The average Bonchev–Trinajstić information content (AvgIpc) is 2.30. The number of aliphatic hydroxyl groups excluding tert-OH is 1. The summed E-state index contributed by atoms with van der Waals surface area (Å²) in [6, 6.07) is 1.77. The summed E-state index contributed by atoms with van der Waals surface area (Å²) in [6.07, 6.45) is 6.15. The van der Waals surface area contributed by atoms with Crippen LogP contribution in [0, 0.1) is 0 Å². The van der Waals surface area contributed by atoms with Crippen LogP contribution < -0.4 is 4.74 Å². The van der Waals surface area contributed by atoms with Crippen molar-refractivity contribution in [3.63, 3.8) is 0 Å². The van der Waals surface area contributed by atoms with E-state index in [1.165, 1.54) is 12.4 Å². The quantitative estimate of drug-likeness (QED) is 0.931. The molecule has 0 unspecified atom stereocenters. The van der Waals surface area contributed by atoms with Gasteiger partial charge in [0, 0.05) is 10.7 Å². The highest BCUT2D eigenvalue weighted by atomic mass is 79.9. The minimum absolute atomic E-state index is 0.133. The zero-order valence-corrected chi connectivity index (χ0v) is 9.75. The minimum atomic E-state index is -0.133. The summed E-state index contributed by atoms with van der Waals surface area (Å²) >= 11 is 3.29. The van der Waals surface area contributed by atoms with Gasteiger partial charge in [-0.1, -0.05) is 0 Å². The summed E-state index contributed by atoms with van der Waals surface area (Å²) in [5.41, 5.74) is 0.500. The van der Waals surface area contributed by atoms with Crippen LogP contribution in [0.5, 0.6) is 11.6 Å². The number of aromatic nitrogens is 3. The van der Waals surface area contributed by atoms with Gasteiger partial charge in [-0.25, -0.2) is 4.98 Å². The van der Waals surface area contributed by atoms with Crippen molar-refractivity contribution in [1.29, 1.82) is 0 Å². The van der Waals surface area contributed by atoms with E-state index in [4.69, 9.17) is 9.84 Å². The number of halogens is 1. The van der Waals surface area contributed by atoms with Crippen LogP contribution in [0.3, 0.4) is 0 Å². The smallest absolute Gasteiger partial charge is 0.237 e. The Kier molecular flexibility index (Phi) is 3.43. The normalized spacial score (nSPS) is 10.1. The molecule has 6 heteroatoms. The van der Waals surface area contributed by atoms with Gasteiger partial charge in [0.25, 0.3) is 0 Å². The molecule has 0 saturated carbocycles. The molecule has 0 aromatic carbocycles. The van der Waals surface area contributed by atoms with E-state index >= 15 is 0 Å². The van der Waals surface area contributed by atoms with Gasteiger partial charge in [-0.15, -0.1) is 0 Å². The number of nitrogens with zero attached hydrogens (tertiary/aromatic N) is 3. The monoisotopic (exact) mass is 281 g/mol. The summed E-state index contributed by atoms with van der Waals surface area (Å²) in [5.74, 6) is 0.928. The molecule has 0 aliphatic heterocycles. The van der Waals surface area contributed by atoms with Crippen molar-refractivity contribution in [2.24, 2.45) is 0 Å². The third kappa shape index (κ3) is 2.74. The van der Waals surface area contributed by atoms with Crippen LogP contribution in [0.2, 0.25) is 0 Å². The van der Waals surface area contributed by atoms with Gasteiger partial charge in [0.1, 0.15) is 5.75 Å². The highest BCUT2D eigenvalue weighted by Gasteiger charge is 2.00. The SMILES string of the molecule is OCc1cnc(Oc2cncc(Br)c2)cn1. The van der Waals surface area contributed by atoms with Crippen LogP contribution >= 0.6 is 15.9 Å². The summed E-state index contributed by atoms with van der Waals surface area (Å²) in [6.45, 7) is -0.133. The van der Waals surface area contributed by atoms with E-state index in [0.29, 0.717) is 17.3 Å². The van der Waals surface area contributed by atoms with Crippen molar-refractivity contribution in [1.82, 2.24) is 15.0 Å². The van der Waals surface area contributed by atoms with Gasteiger partial charge in [-0.3, -0.25) is 9.97 Å². The Morgan fingerprint density at radius 3 is 2.69 bits per heavy atom. The Morgan fingerprint density at radius 2 is 2.06 bits per heavy atom. The van der Waals surface area contributed by atoms with Gasteiger partial charge in [-0.05, 0) is 22.0 Å². The summed E-state index contributed by atoms with van der Waals surface area (Å²) < 4.78 is 6.23. The zero-order valence-electron chi connectivity index (χ0n) is 8.17. The standard InChI is InChI=1S/C10H8BrN3O2/c11-7-1-9(4-12-2-7)16-10-5-13-8(6-15)3-14-10/h1-5,15H,6H2. The van der Waals surface area contributed by atoms with Crippen molar-refractivity contribution >= 4 is 15.9 Å². The van der Waals surface area contributed by atoms with Gasteiger partial charge in [-0.2, -0.15) is 0 Å². The van der Waals surface area contributed by atoms with Crippen molar-refractivity contribution in [2.45, 2.75) is 6.61 Å². The second-order valence-electron chi connectivity index (χ2n) is 2.95. The average molecular weight is 282 g/mol. The predicted octanol–water partition coefficient (Wildman–Crippen LogP) is 1.92. The number of pyridine rings is 1. The van der Waals surface area contributed by atoms with Crippen molar-refractivity contribution < 1.29 is 9.84 Å². The Hall–Kier alpha value is -1.53. The third-order valence-corrected chi connectivity index (χ3v) is 2.18. The molecule has 0 spiro atoms.